The lowest BCUT2D eigenvalue weighted by Crippen LogP contribution is -2.41. The van der Waals surface area contributed by atoms with Crippen molar-refractivity contribution in [3.05, 3.63) is 29.8 Å². The molecule has 1 aromatic rings. The summed E-state index contributed by atoms with van der Waals surface area (Å²) in [7, 11) is 0. The number of hydrogen-bond donors (Lipinski definition) is 2. The van der Waals surface area contributed by atoms with E-state index in [1.54, 1.807) is 11.0 Å². The van der Waals surface area contributed by atoms with Crippen LogP contribution in [-0.4, -0.2) is 30.1 Å². The highest BCUT2D eigenvalue weighted by molar-refractivity contribution is 5.97. The van der Waals surface area contributed by atoms with Crippen LogP contribution in [0.1, 0.15) is 37.7 Å². The van der Waals surface area contributed by atoms with E-state index >= 15 is 0 Å². The molecular weight excluding hydrogens is 268 g/mol. The Morgan fingerprint density at radius 3 is 2.81 bits per heavy atom. The molecule has 1 heterocycles. The largest absolute Gasteiger partial charge is 0.481 e. The van der Waals surface area contributed by atoms with Gasteiger partial charge in [0.15, 0.2) is 0 Å². The number of anilines is 1. The van der Waals surface area contributed by atoms with Gasteiger partial charge in [-0.25, -0.2) is 0 Å². The van der Waals surface area contributed by atoms with Crippen LogP contribution in [0.3, 0.4) is 0 Å². The number of amides is 1. The van der Waals surface area contributed by atoms with Gasteiger partial charge in [0, 0.05) is 18.2 Å². The predicted octanol–water partition coefficient (Wildman–Crippen LogP) is 1.97. The van der Waals surface area contributed by atoms with E-state index in [0.717, 1.165) is 24.1 Å². The molecule has 0 saturated carbocycles. The van der Waals surface area contributed by atoms with Crippen molar-refractivity contribution in [2.75, 3.05) is 18.0 Å². The number of rotatable bonds is 5. The van der Waals surface area contributed by atoms with Gasteiger partial charge in [0.2, 0.25) is 5.91 Å². The van der Waals surface area contributed by atoms with E-state index in [-0.39, 0.29) is 11.8 Å². The highest BCUT2D eigenvalue weighted by atomic mass is 16.4. The standard InChI is InChI=1S/C16H22N2O3/c1-11(5-4-9-17)15(19)18-10-8-13(16(20)21)12-6-2-3-7-14(12)18/h2-3,6-7,11,13H,4-5,8-10,17H2,1H3,(H,20,21). The number of nitrogens with two attached hydrogens (primary N) is 1. The molecule has 1 amide bonds. The van der Waals surface area contributed by atoms with E-state index in [0.29, 0.717) is 19.5 Å². The Bertz CT molecular complexity index is 530. The van der Waals surface area contributed by atoms with Crippen molar-refractivity contribution in [3.8, 4) is 0 Å². The molecule has 0 aromatic heterocycles. The molecule has 5 nitrogen and oxygen atoms in total. The van der Waals surface area contributed by atoms with Crippen LogP contribution in [0.4, 0.5) is 5.69 Å². The van der Waals surface area contributed by atoms with Gasteiger partial charge in [0.25, 0.3) is 0 Å². The summed E-state index contributed by atoms with van der Waals surface area (Å²) in [5, 5.41) is 9.32. The maximum absolute atomic E-state index is 12.6. The summed E-state index contributed by atoms with van der Waals surface area (Å²) in [5.41, 5.74) is 6.96. The average Bonchev–Trinajstić information content (AvgIpc) is 2.50. The van der Waals surface area contributed by atoms with Gasteiger partial charge in [0.05, 0.1) is 5.92 Å². The number of benzene rings is 1. The SMILES string of the molecule is CC(CCCN)C(=O)N1CCC(C(=O)O)c2ccccc21. The summed E-state index contributed by atoms with van der Waals surface area (Å²) >= 11 is 0. The molecule has 0 spiro atoms. The number of fused-ring (bicyclic) bond motifs is 1. The molecule has 3 N–H and O–H groups in total. The first-order valence-electron chi connectivity index (χ1n) is 7.39. The summed E-state index contributed by atoms with van der Waals surface area (Å²) in [5.74, 6) is -1.39. The third kappa shape index (κ3) is 3.24. The first kappa shape index (κ1) is 15.5. The van der Waals surface area contributed by atoms with Crippen molar-refractivity contribution in [3.63, 3.8) is 0 Å². The van der Waals surface area contributed by atoms with Crippen LogP contribution < -0.4 is 10.6 Å². The van der Waals surface area contributed by atoms with Crippen LogP contribution in [0.25, 0.3) is 0 Å². The monoisotopic (exact) mass is 290 g/mol. The normalized spacial score (nSPS) is 19.0. The molecule has 21 heavy (non-hydrogen) atoms. The molecule has 2 rings (SSSR count). The molecule has 0 fully saturated rings. The topological polar surface area (TPSA) is 83.6 Å². The lowest BCUT2D eigenvalue weighted by molar-refractivity contribution is -0.139. The number of aliphatic carboxylic acids is 1. The maximum Gasteiger partial charge on any atom is 0.311 e. The molecule has 114 valence electrons. The summed E-state index contributed by atoms with van der Waals surface area (Å²) in [6.45, 7) is 2.94. The molecule has 1 aliphatic rings. The molecule has 0 aliphatic carbocycles. The molecule has 5 heteroatoms. The number of carboxylic acid groups (broad SMARTS) is 1. The molecule has 0 bridgehead atoms. The Balaban J connectivity index is 2.24. The fourth-order valence-corrected chi connectivity index (χ4v) is 2.86. The highest BCUT2D eigenvalue weighted by Crippen LogP contribution is 2.36. The second kappa shape index (κ2) is 6.72. The van der Waals surface area contributed by atoms with Crippen molar-refractivity contribution in [2.24, 2.45) is 11.7 Å². The second-order valence-corrected chi connectivity index (χ2v) is 5.56. The van der Waals surface area contributed by atoms with Gasteiger partial charge in [0.1, 0.15) is 0 Å². The zero-order valence-corrected chi connectivity index (χ0v) is 12.3. The van der Waals surface area contributed by atoms with Gasteiger partial charge in [-0.1, -0.05) is 25.1 Å². The van der Waals surface area contributed by atoms with E-state index in [1.807, 2.05) is 25.1 Å². The summed E-state index contributed by atoms with van der Waals surface area (Å²) < 4.78 is 0. The van der Waals surface area contributed by atoms with E-state index < -0.39 is 11.9 Å². The number of carbonyl (C=O) groups is 2. The van der Waals surface area contributed by atoms with Gasteiger partial charge < -0.3 is 15.7 Å². The smallest absolute Gasteiger partial charge is 0.311 e. The fraction of sp³-hybridized carbons (Fsp3) is 0.500. The Hall–Kier alpha value is -1.88. The number of para-hydroxylation sites is 1. The summed E-state index contributed by atoms with van der Waals surface area (Å²) in [6.07, 6.45) is 2.04. The Morgan fingerprint density at radius 1 is 1.43 bits per heavy atom. The van der Waals surface area contributed by atoms with Crippen molar-refractivity contribution < 1.29 is 14.7 Å². The Morgan fingerprint density at radius 2 is 2.14 bits per heavy atom. The molecule has 1 aliphatic heterocycles. The average molecular weight is 290 g/mol. The Labute approximate surface area is 124 Å². The number of carboxylic acids is 1. The first-order valence-corrected chi connectivity index (χ1v) is 7.39. The molecule has 1 aromatic carbocycles. The van der Waals surface area contributed by atoms with Gasteiger partial charge in [-0.15, -0.1) is 0 Å². The number of carbonyl (C=O) groups excluding carboxylic acids is 1. The van der Waals surface area contributed by atoms with Crippen LogP contribution in [0.5, 0.6) is 0 Å². The maximum atomic E-state index is 12.6. The Kier molecular flexibility index (Phi) is 4.96. The van der Waals surface area contributed by atoms with E-state index in [1.165, 1.54) is 0 Å². The lowest BCUT2D eigenvalue weighted by Gasteiger charge is -2.34. The molecular formula is C16H22N2O3. The van der Waals surface area contributed by atoms with Crippen molar-refractivity contribution in [1.29, 1.82) is 0 Å². The molecule has 0 saturated heterocycles. The van der Waals surface area contributed by atoms with Crippen LogP contribution in [0.2, 0.25) is 0 Å². The minimum Gasteiger partial charge on any atom is -0.481 e. The predicted molar refractivity (Wildman–Crippen MR) is 81.2 cm³/mol. The quantitative estimate of drug-likeness (QED) is 0.868. The highest BCUT2D eigenvalue weighted by Gasteiger charge is 2.33. The zero-order valence-electron chi connectivity index (χ0n) is 12.3. The minimum absolute atomic E-state index is 0.0553. The van der Waals surface area contributed by atoms with Gasteiger partial charge in [-0.05, 0) is 37.4 Å². The third-order valence-corrected chi connectivity index (χ3v) is 4.07. The number of nitrogens with zero attached hydrogens (tertiary/aromatic N) is 1. The fourth-order valence-electron chi connectivity index (χ4n) is 2.86. The van der Waals surface area contributed by atoms with E-state index in [2.05, 4.69) is 0 Å². The van der Waals surface area contributed by atoms with E-state index in [4.69, 9.17) is 5.73 Å². The van der Waals surface area contributed by atoms with Gasteiger partial charge in [-0.3, -0.25) is 9.59 Å². The number of hydrogen-bond acceptors (Lipinski definition) is 3. The molecule has 2 unspecified atom stereocenters. The lowest BCUT2D eigenvalue weighted by atomic mass is 9.89. The van der Waals surface area contributed by atoms with Crippen LogP contribution in [0, 0.1) is 5.92 Å². The third-order valence-electron chi connectivity index (χ3n) is 4.07. The van der Waals surface area contributed by atoms with Crippen LogP contribution in [-0.2, 0) is 9.59 Å². The van der Waals surface area contributed by atoms with Crippen LogP contribution >= 0.6 is 0 Å². The summed E-state index contributed by atoms with van der Waals surface area (Å²) in [6, 6.07) is 7.30. The minimum atomic E-state index is -0.828. The van der Waals surface area contributed by atoms with E-state index in [9.17, 15) is 14.7 Å². The molecule has 0 radical (unpaired) electrons. The van der Waals surface area contributed by atoms with Gasteiger partial charge in [-0.2, -0.15) is 0 Å². The van der Waals surface area contributed by atoms with Crippen molar-refractivity contribution in [1.82, 2.24) is 0 Å². The van der Waals surface area contributed by atoms with Gasteiger partial charge >= 0.3 is 5.97 Å². The van der Waals surface area contributed by atoms with Crippen molar-refractivity contribution >= 4 is 17.6 Å². The molecule has 2 atom stereocenters. The first-order chi connectivity index (χ1) is 10.1. The van der Waals surface area contributed by atoms with Crippen molar-refractivity contribution in [2.45, 2.75) is 32.1 Å². The summed E-state index contributed by atoms with van der Waals surface area (Å²) in [4.78, 5) is 25.7. The zero-order chi connectivity index (χ0) is 15.4. The second-order valence-electron chi connectivity index (χ2n) is 5.56. The van der Waals surface area contributed by atoms with Crippen LogP contribution in [0.15, 0.2) is 24.3 Å².